The molecule has 6 nitrogen and oxygen atoms in total. The number of nitrogens with zero attached hydrogens (tertiary/aromatic N) is 5. The van der Waals surface area contributed by atoms with Crippen molar-refractivity contribution >= 4 is 16.7 Å². The van der Waals surface area contributed by atoms with Crippen molar-refractivity contribution in [2.75, 3.05) is 0 Å². The van der Waals surface area contributed by atoms with Crippen LogP contribution in [-0.4, -0.2) is 29.3 Å². The minimum absolute atomic E-state index is 0.0371. The van der Waals surface area contributed by atoms with E-state index in [-0.39, 0.29) is 6.61 Å². The topological polar surface area (TPSA) is 68.2 Å². The minimum atomic E-state index is 0.0371. The summed E-state index contributed by atoms with van der Waals surface area (Å²) in [5, 5.41) is 14.1. The van der Waals surface area contributed by atoms with Gasteiger partial charge in [-0.15, -0.1) is 0 Å². The molecule has 4 aromatic heterocycles. The predicted molar refractivity (Wildman–Crippen MR) is 94.5 cm³/mol. The fraction of sp³-hybridized carbons (Fsp3) is 0.316. The Balaban J connectivity index is 1.55. The highest BCUT2D eigenvalue weighted by Crippen LogP contribution is 2.55. The van der Waals surface area contributed by atoms with Crippen LogP contribution in [0.1, 0.15) is 40.9 Å². The van der Waals surface area contributed by atoms with Crippen molar-refractivity contribution in [3.05, 3.63) is 59.3 Å². The van der Waals surface area contributed by atoms with Crippen LogP contribution in [0.15, 0.2) is 36.7 Å². The summed E-state index contributed by atoms with van der Waals surface area (Å²) in [6.45, 7) is 2.15. The average molecular weight is 333 g/mol. The molecule has 1 saturated carbocycles. The zero-order chi connectivity index (χ0) is 17.1. The second-order valence-corrected chi connectivity index (χ2v) is 6.83. The molecule has 0 bridgehead atoms. The lowest BCUT2D eigenvalue weighted by molar-refractivity contribution is 0.282. The smallest absolute Gasteiger partial charge is 0.137 e. The van der Waals surface area contributed by atoms with Crippen molar-refractivity contribution in [1.82, 2.24) is 24.1 Å². The van der Waals surface area contributed by atoms with Gasteiger partial charge in [0.25, 0.3) is 0 Å². The van der Waals surface area contributed by atoms with E-state index in [4.69, 9.17) is 10.1 Å². The third-order valence-corrected chi connectivity index (χ3v) is 5.28. The first-order valence-electron chi connectivity index (χ1n) is 8.53. The van der Waals surface area contributed by atoms with Gasteiger partial charge in [0.1, 0.15) is 11.2 Å². The van der Waals surface area contributed by atoms with Gasteiger partial charge in [0.05, 0.1) is 23.5 Å². The van der Waals surface area contributed by atoms with Crippen molar-refractivity contribution in [2.24, 2.45) is 7.05 Å². The minimum Gasteiger partial charge on any atom is -0.392 e. The number of aryl methyl sites for hydroxylation is 2. The summed E-state index contributed by atoms with van der Waals surface area (Å²) in [4.78, 5) is 9.38. The number of imidazole rings is 1. The molecule has 0 saturated heterocycles. The van der Waals surface area contributed by atoms with Gasteiger partial charge in [-0.2, -0.15) is 5.10 Å². The fourth-order valence-electron chi connectivity index (χ4n) is 3.84. The van der Waals surface area contributed by atoms with Gasteiger partial charge in [-0.25, -0.2) is 4.98 Å². The maximum atomic E-state index is 9.33. The van der Waals surface area contributed by atoms with Crippen LogP contribution in [0.3, 0.4) is 0 Å². The quantitative estimate of drug-likeness (QED) is 0.626. The fourth-order valence-corrected chi connectivity index (χ4v) is 3.84. The van der Waals surface area contributed by atoms with Crippen LogP contribution < -0.4 is 0 Å². The molecule has 0 spiro atoms. The molecular weight excluding hydrogens is 314 g/mol. The normalized spacial score (nSPS) is 19.8. The number of hydrogen-bond acceptors (Lipinski definition) is 4. The molecule has 2 atom stereocenters. The van der Waals surface area contributed by atoms with Gasteiger partial charge >= 0.3 is 0 Å². The molecular formula is C19H19N5O. The second-order valence-electron chi connectivity index (χ2n) is 6.83. The molecule has 6 heteroatoms. The van der Waals surface area contributed by atoms with E-state index < -0.39 is 0 Å². The number of aromatic nitrogens is 5. The molecule has 5 rings (SSSR count). The summed E-state index contributed by atoms with van der Waals surface area (Å²) in [5.74, 6) is 0.761. The average Bonchev–Trinajstić information content (AvgIpc) is 3.26. The van der Waals surface area contributed by atoms with Gasteiger partial charge in [0.15, 0.2) is 0 Å². The van der Waals surface area contributed by atoms with E-state index in [2.05, 4.69) is 22.4 Å². The SMILES string of the molecule is Cc1c(C2CC2c2nn(C)c3cccnc23)nc2cc(CO)ccn12. The maximum Gasteiger partial charge on any atom is 0.137 e. The van der Waals surface area contributed by atoms with E-state index in [1.807, 2.05) is 42.3 Å². The van der Waals surface area contributed by atoms with Crippen molar-refractivity contribution in [1.29, 1.82) is 0 Å². The van der Waals surface area contributed by atoms with Crippen molar-refractivity contribution in [3.63, 3.8) is 0 Å². The first-order chi connectivity index (χ1) is 12.2. The van der Waals surface area contributed by atoms with Crippen LogP contribution in [-0.2, 0) is 13.7 Å². The molecule has 0 amide bonds. The van der Waals surface area contributed by atoms with Crippen molar-refractivity contribution in [2.45, 2.75) is 31.8 Å². The third-order valence-electron chi connectivity index (χ3n) is 5.28. The Kier molecular flexibility index (Phi) is 3.00. The molecule has 1 aliphatic rings. The molecule has 0 aliphatic heterocycles. The van der Waals surface area contributed by atoms with Crippen LogP contribution in [0, 0.1) is 6.92 Å². The van der Waals surface area contributed by atoms with E-state index in [0.29, 0.717) is 11.8 Å². The third kappa shape index (κ3) is 2.10. The summed E-state index contributed by atoms with van der Waals surface area (Å²) >= 11 is 0. The lowest BCUT2D eigenvalue weighted by Crippen LogP contribution is -1.93. The molecule has 1 N–H and O–H groups in total. The van der Waals surface area contributed by atoms with Crippen LogP contribution in [0.4, 0.5) is 0 Å². The summed E-state index contributed by atoms with van der Waals surface area (Å²) in [7, 11) is 1.97. The zero-order valence-electron chi connectivity index (χ0n) is 14.2. The Hall–Kier alpha value is -2.73. The molecule has 0 aromatic carbocycles. The lowest BCUT2D eigenvalue weighted by Gasteiger charge is -1.99. The summed E-state index contributed by atoms with van der Waals surface area (Å²) in [6.07, 6.45) is 4.87. The highest BCUT2D eigenvalue weighted by molar-refractivity contribution is 5.78. The molecule has 1 fully saturated rings. The standard InChI is InChI=1S/C19H19N5O/c1-11-17(21-16-8-12(10-25)5-7-24(11)16)13-9-14(13)18-19-15(23(2)22-18)4-3-6-20-19/h3-8,13-14,25H,9-10H2,1-2H3. The van der Waals surface area contributed by atoms with Gasteiger partial charge in [-0.1, -0.05) is 0 Å². The number of fused-ring (bicyclic) bond motifs is 2. The van der Waals surface area contributed by atoms with Gasteiger partial charge in [0, 0.05) is 37.0 Å². The highest BCUT2D eigenvalue weighted by atomic mass is 16.3. The zero-order valence-corrected chi connectivity index (χ0v) is 14.2. The second kappa shape index (κ2) is 5.13. The largest absolute Gasteiger partial charge is 0.392 e. The highest BCUT2D eigenvalue weighted by Gasteiger charge is 2.45. The molecule has 25 heavy (non-hydrogen) atoms. The number of aliphatic hydroxyl groups excluding tert-OH is 1. The van der Waals surface area contributed by atoms with Crippen LogP contribution in [0.2, 0.25) is 0 Å². The predicted octanol–water partition coefficient (Wildman–Crippen LogP) is 2.69. The first-order valence-corrected chi connectivity index (χ1v) is 8.53. The number of hydrogen-bond donors (Lipinski definition) is 1. The summed E-state index contributed by atoms with van der Waals surface area (Å²) in [5.41, 5.74) is 7.24. The van der Waals surface area contributed by atoms with Crippen LogP contribution in [0.25, 0.3) is 16.7 Å². The molecule has 0 radical (unpaired) electrons. The Morgan fingerprint density at radius 2 is 2.08 bits per heavy atom. The Morgan fingerprint density at radius 1 is 1.24 bits per heavy atom. The summed E-state index contributed by atoms with van der Waals surface area (Å²) < 4.78 is 4.01. The van der Waals surface area contributed by atoms with E-state index in [0.717, 1.165) is 40.1 Å². The number of rotatable bonds is 3. The maximum absolute atomic E-state index is 9.33. The van der Waals surface area contributed by atoms with Crippen molar-refractivity contribution < 1.29 is 5.11 Å². The number of pyridine rings is 2. The van der Waals surface area contributed by atoms with Gasteiger partial charge < -0.3 is 9.51 Å². The van der Waals surface area contributed by atoms with Gasteiger partial charge in [0.2, 0.25) is 0 Å². The van der Waals surface area contributed by atoms with E-state index in [9.17, 15) is 5.11 Å². The van der Waals surface area contributed by atoms with Gasteiger partial charge in [-0.3, -0.25) is 9.67 Å². The number of aliphatic hydroxyl groups is 1. The van der Waals surface area contributed by atoms with E-state index in [1.54, 1.807) is 0 Å². The Bertz CT molecular complexity index is 1110. The molecule has 1 aliphatic carbocycles. The first kappa shape index (κ1) is 14.6. The molecule has 126 valence electrons. The van der Waals surface area contributed by atoms with E-state index >= 15 is 0 Å². The summed E-state index contributed by atoms with van der Waals surface area (Å²) in [6, 6.07) is 7.89. The van der Waals surface area contributed by atoms with Crippen LogP contribution >= 0.6 is 0 Å². The van der Waals surface area contributed by atoms with Crippen LogP contribution in [0.5, 0.6) is 0 Å². The monoisotopic (exact) mass is 333 g/mol. The molecule has 4 heterocycles. The molecule has 4 aromatic rings. The van der Waals surface area contributed by atoms with Gasteiger partial charge in [-0.05, 0) is 43.2 Å². The van der Waals surface area contributed by atoms with Crippen molar-refractivity contribution in [3.8, 4) is 0 Å². The Morgan fingerprint density at radius 3 is 2.92 bits per heavy atom. The van der Waals surface area contributed by atoms with E-state index in [1.165, 1.54) is 5.69 Å². The Labute approximate surface area is 144 Å². The lowest BCUT2D eigenvalue weighted by atomic mass is 10.1. The molecule has 2 unspecified atom stereocenters.